The average Bonchev–Trinajstić information content (AvgIpc) is 2.70. The number of hydrogen-bond donors (Lipinski definition) is 2. The van der Waals surface area contributed by atoms with Crippen LogP contribution in [0.25, 0.3) is 0 Å². The average molecular weight is 433 g/mol. The highest BCUT2D eigenvalue weighted by molar-refractivity contribution is 5.95. The van der Waals surface area contributed by atoms with Crippen LogP contribution in [0.1, 0.15) is 43.5 Å². The van der Waals surface area contributed by atoms with Crippen molar-refractivity contribution < 1.29 is 9.59 Å². The molecule has 0 spiro atoms. The summed E-state index contributed by atoms with van der Waals surface area (Å²) >= 11 is 0. The molecule has 3 N–H and O–H groups in total. The van der Waals surface area contributed by atoms with Gasteiger partial charge in [0, 0.05) is 50.5 Å². The molecule has 1 heterocycles. The second-order valence-corrected chi connectivity index (χ2v) is 6.80. The van der Waals surface area contributed by atoms with Crippen LogP contribution in [0.2, 0.25) is 0 Å². The first-order valence-electron chi connectivity index (χ1n) is 9.72. The lowest BCUT2D eigenvalue weighted by Gasteiger charge is -2.32. The number of hydrogen-bond acceptors (Lipinski definition) is 4. The first kappa shape index (κ1) is 26.5. The first-order chi connectivity index (χ1) is 12.6. The van der Waals surface area contributed by atoms with Crippen molar-refractivity contribution in [3.8, 4) is 0 Å². The van der Waals surface area contributed by atoms with Crippen molar-refractivity contribution >= 4 is 42.3 Å². The van der Waals surface area contributed by atoms with Crippen molar-refractivity contribution in [2.75, 3.05) is 44.2 Å². The van der Waals surface area contributed by atoms with Gasteiger partial charge in [0.2, 0.25) is 5.91 Å². The maximum absolute atomic E-state index is 12.8. The molecular formula is C20H34Cl2N4O2. The number of anilines is 1. The maximum Gasteiger partial charge on any atom is 0.253 e. The largest absolute Gasteiger partial charge is 0.372 e. The summed E-state index contributed by atoms with van der Waals surface area (Å²) < 4.78 is 0. The highest BCUT2D eigenvalue weighted by atomic mass is 35.5. The van der Waals surface area contributed by atoms with Gasteiger partial charge in [-0.25, -0.2) is 0 Å². The molecule has 2 amide bonds. The standard InChI is InChI=1S/C20H32N4O2.2ClH/c1-3-13-23(4-2)18-9-7-16(8-10-18)20(26)24-14-5-6-17(15-24)19(25)22-12-11-21;;/h7-10,17H,3-6,11-15,21H2,1-2H3,(H,22,25);2*1H. The van der Waals surface area contributed by atoms with E-state index >= 15 is 0 Å². The molecule has 1 aromatic carbocycles. The Morgan fingerprint density at radius 1 is 1.21 bits per heavy atom. The van der Waals surface area contributed by atoms with Crippen molar-refractivity contribution in [3.63, 3.8) is 0 Å². The number of nitrogens with one attached hydrogen (secondary N) is 1. The molecule has 1 aliphatic rings. The summed E-state index contributed by atoms with van der Waals surface area (Å²) in [7, 11) is 0. The predicted molar refractivity (Wildman–Crippen MR) is 120 cm³/mol. The van der Waals surface area contributed by atoms with Gasteiger partial charge >= 0.3 is 0 Å². The second kappa shape index (κ2) is 13.6. The van der Waals surface area contributed by atoms with E-state index in [0.29, 0.717) is 31.7 Å². The van der Waals surface area contributed by atoms with E-state index in [-0.39, 0.29) is 42.5 Å². The van der Waals surface area contributed by atoms with E-state index in [1.807, 2.05) is 24.3 Å². The first-order valence-corrected chi connectivity index (χ1v) is 9.72. The molecule has 1 unspecified atom stereocenters. The molecule has 1 aromatic rings. The van der Waals surface area contributed by atoms with Crippen molar-refractivity contribution in [1.82, 2.24) is 10.2 Å². The Kier molecular flexibility index (Phi) is 12.9. The molecule has 6 nitrogen and oxygen atoms in total. The van der Waals surface area contributed by atoms with E-state index in [9.17, 15) is 9.59 Å². The molecule has 1 aliphatic heterocycles. The highest BCUT2D eigenvalue weighted by Crippen LogP contribution is 2.21. The number of carbonyl (C=O) groups excluding carboxylic acids is 2. The molecular weight excluding hydrogens is 399 g/mol. The molecule has 160 valence electrons. The maximum atomic E-state index is 12.8. The Labute approximate surface area is 181 Å². The quantitative estimate of drug-likeness (QED) is 0.661. The summed E-state index contributed by atoms with van der Waals surface area (Å²) in [5, 5.41) is 2.83. The molecule has 0 aliphatic carbocycles. The summed E-state index contributed by atoms with van der Waals surface area (Å²) in [6.45, 7) is 8.36. The zero-order valence-electron chi connectivity index (χ0n) is 16.9. The fourth-order valence-electron chi connectivity index (χ4n) is 3.45. The number of piperidine rings is 1. The fraction of sp³-hybridized carbons (Fsp3) is 0.600. The lowest BCUT2D eigenvalue weighted by atomic mass is 9.96. The summed E-state index contributed by atoms with van der Waals surface area (Å²) in [5.41, 5.74) is 7.26. The van der Waals surface area contributed by atoms with Crippen molar-refractivity contribution in [3.05, 3.63) is 29.8 Å². The third kappa shape index (κ3) is 7.15. The van der Waals surface area contributed by atoms with Gasteiger partial charge in [-0.2, -0.15) is 0 Å². The Hall–Kier alpha value is -1.50. The van der Waals surface area contributed by atoms with Gasteiger partial charge < -0.3 is 20.9 Å². The van der Waals surface area contributed by atoms with Crippen LogP contribution in [0.3, 0.4) is 0 Å². The third-order valence-electron chi connectivity index (χ3n) is 4.88. The highest BCUT2D eigenvalue weighted by Gasteiger charge is 2.28. The molecule has 2 rings (SSSR count). The van der Waals surface area contributed by atoms with Crippen molar-refractivity contribution in [2.24, 2.45) is 11.7 Å². The van der Waals surface area contributed by atoms with Gasteiger partial charge in [-0.3, -0.25) is 9.59 Å². The van der Waals surface area contributed by atoms with Crippen LogP contribution >= 0.6 is 24.8 Å². The molecule has 0 saturated carbocycles. The second-order valence-electron chi connectivity index (χ2n) is 6.80. The van der Waals surface area contributed by atoms with Gasteiger partial charge in [-0.05, 0) is 50.5 Å². The third-order valence-corrected chi connectivity index (χ3v) is 4.88. The van der Waals surface area contributed by atoms with Gasteiger partial charge in [0.1, 0.15) is 0 Å². The summed E-state index contributed by atoms with van der Waals surface area (Å²) in [4.78, 5) is 29.1. The zero-order chi connectivity index (χ0) is 18.9. The smallest absolute Gasteiger partial charge is 0.253 e. The molecule has 0 radical (unpaired) electrons. The normalized spacial score (nSPS) is 15.8. The molecule has 0 bridgehead atoms. The molecule has 0 aromatic heterocycles. The van der Waals surface area contributed by atoms with E-state index in [1.54, 1.807) is 4.90 Å². The Bertz CT molecular complexity index is 598. The number of nitrogens with two attached hydrogens (primary N) is 1. The van der Waals surface area contributed by atoms with E-state index in [0.717, 1.165) is 38.0 Å². The van der Waals surface area contributed by atoms with Crippen LogP contribution in [0, 0.1) is 5.92 Å². The number of rotatable bonds is 8. The SMILES string of the molecule is CCCN(CC)c1ccc(C(=O)N2CCCC(C(=O)NCCN)C2)cc1.Cl.Cl. The van der Waals surface area contributed by atoms with E-state index in [2.05, 4.69) is 24.1 Å². The van der Waals surface area contributed by atoms with E-state index < -0.39 is 0 Å². The van der Waals surface area contributed by atoms with Crippen molar-refractivity contribution in [2.45, 2.75) is 33.1 Å². The number of halogens is 2. The van der Waals surface area contributed by atoms with Gasteiger partial charge in [0.05, 0.1) is 5.92 Å². The Balaban J connectivity index is 0.00000364. The molecule has 8 heteroatoms. The number of likely N-dealkylation sites (tertiary alicyclic amines) is 1. The monoisotopic (exact) mass is 432 g/mol. The van der Waals surface area contributed by atoms with Crippen LogP contribution in [-0.4, -0.2) is 56.0 Å². The number of benzene rings is 1. The van der Waals surface area contributed by atoms with E-state index in [1.165, 1.54) is 0 Å². The Morgan fingerprint density at radius 2 is 1.89 bits per heavy atom. The molecule has 1 atom stereocenters. The number of nitrogens with zero attached hydrogens (tertiary/aromatic N) is 2. The number of amides is 2. The molecule has 1 fully saturated rings. The minimum atomic E-state index is -0.140. The van der Waals surface area contributed by atoms with Gasteiger partial charge in [0.15, 0.2) is 0 Å². The van der Waals surface area contributed by atoms with Gasteiger partial charge in [-0.15, -0.1) is 24.8 Å². The van der Waals surface area contributed by atoms with Crippen LogP contribution in [0.4, 0.5) is 5.69 Å². The summed E-state index contributed by atoms with van der Waals surface area (Å²) in [6.07, 6.45) is 2.77. The van der Waals surface area contributed by atoms with Crippen molar-refractivity contribution in [1.29, 1.82) is 0 Å². The number of carbonyl (C=O) groups is 2. The van der Waals surface area contributed by atoms with Gasteiger partial charge in [0.25, 0.3) is 5.91 Å². The topological polar surface area (TPSA) is 78.7 Å². The van der Waals surface area contributed by atoms with Crippen LogP contribution in [0.15, 0.2) is 24.3 Å². The van der Waals surface area contributed by atoms with Crippen LogP contribution < -0.4 is 16.0 Å². The fourth-order valence-corrected chi connectivity index (χ4v) is 3.45. The van der Waals surface area contributed by atoms with Crippen LogP contribution in [0.5, 0.6) is 0 Å². The van der Waals surface area contributed by atoms with Gasteiger partial charge in [-0.1, -0.05) is 6.92 Å². The lowest BCUT2D eigenvalue weighted by molar-refractivity contribution is -0.126. The van der Waals surface area contributed by atoms with Crippen LogP contribution in [-0.2, 0) is 4.79 Å². The predicted octanol–water partition coefficient (Wildman–Crippen LogP) is 2.69. The summed E-state index contributed by atoms with van der Waals surface area (Å²) in [6, 6.07) is 7.83. The molecule has 28 heavy (non-hydrogen) atoms. The summed E-state index contributed by atoms with van der Waals surface area (Å²) in [5.74, 6) is -0.133. The molecule has 1 saturated heterocycles. The Morgan fingerprint density at radius 3 is 2.46 bits per heavy atom. The van der Waals surface area contributed by atoms with E-state index in [4.69, 9.17) is 5.73 Å². The lowest BCUT2D eigenvalue weighted by Crippen LogP contribution is -2.46. The zero-order valence-corrected chi connectivity index (χ0v) is 18.5. The minimum Gasteiger partial charge on any atom is -0.372 e. The minimum absolute atomic E-state index is 0.